The summed E-state index contributed by atoms with van der Waals surface area (Å²) in [5.41, 5.74) is 6.74. The van der Waals surface area contributed by atoms with Crippen LogP contribution in [0, 0.1) is 5.92 Å². The highest BCUT2D eigenvalue weighted by molar-refractivity contribution is 5.69. The Kier molecular flexibility index (Phi) is 13.0. The highest BCUT2D eigenvalue weighted by Crippen LogP contribution is 2.34. The molecule has 0 amide bonds. The maximum atomic E-state index is 5.88. The van der Waals surface area contributed by atoms with Gasteiger partial charge in [-0.2, -0.15) is 0 Å². The fourth-order valence-corrected chi connectivity index (χ4v) is 6.08. The van der Waals surface area contributed by atoms with Gasteiger partial charge >= 0.3 is 0 Å². The van der Waals surface area contributed by atoms with Gasteiger partial charge in [0.1, 0.15) is 0 Å². The lowest BCUT2D eigenvalue weighted by Crippen LogP contribution is -1.99. The van der Waals surface area contributed by atoms with Crippen LogP contribution in [0.15, 0.2) is 54.9 Å². The van der Waals surface area contributed by atoms with E-state index < -0.39 is 0 Å². The molecule has 2 aromatic carbocycles. The summed E-state index contributed by atoms with van der Waals surface area (Å²) in [5, 5.41) is 0. The predicted molar refractivity (Wildman–Crippen MR) is 170 cm³/mol. The third-order valence-corrected chi connectivity index (χ3v) is 8.56. The zero-order chi connectivity index (χ0) is 27.8. The summed E-state index contributed by atoms with van der Waals surface area (Å²) in [4.78, 5) is 9.15. The van der Waals surface area contributed by atoms with Crippen molar-refractivity contribution in [2.45, 2.75) is 123 Å². The number of unbranched alkanes of at least 4 members (excludes halogenated alkanes) is 12. The maximum absolute atomic E-state index is 5.88. The molecule has 0 bridgehead atoms. The summed E-state index contributed by atoms with van der Waals surface area (Å²) in [6.07, 6.45) is 26.3. The Morgan fingerprint density at radius 2 is 1.15 bits per heavy atom. The van der Waals surface area contributed by atoms with Crippen LogP contribution in [-0.4, -0.2) is 16.6 Å². The monoisotopic (exact) mass is 540 g/mol. The van der Waals surface area contributed by atoms with E-state index in [0.29, 0.717) is 0 Å². The minimum absolute atomic E-state index is 0.743. The molecular weight excluding hydrogens is 488 g/mol. The predicted octanol–water partition coefficient (Wildman–Crippen LogP) is 10.8. The van der Waals surface area contributed by atoms with E-state index in [1.165, 1.54) is 114 Å². The molecular formula is C37H52N2O. The third kappa shape index (κ3) is 9.75. The zero-order valence-corrected chi connectivity index (χ0v) is 25.3. The Morgan fingerprint density at radius 1 is 0.600 bits per heavy atom. The van der Waals surface area contributed by atoms with Gasteiger partial charge in [0.05, 0.1) is 19.0 Å². The number of benzene rings is 2. The molecule has 1 heterocycles. The van der Waals surface area contributed by atoms with Crippen LogP contribution < -0.4 is 4.74 Å². The van der Waals surface area contributed by atoms with Gasteiger partial charge < -0.3 is 4.74 Å². The first-order valence-electron chi connectivity index (χ1n) is 16.4. The van der Waals surface area contributed by atoms with Crippen LogP contribution in [0.2, 0.25) is 0 Å². The quantitative estimate of drug-likeness (QED) is 0.142. The van der Waals surface area contributed by atoms with Crippen LogP contribution >= 0.6 is 0 Å². The Bertz CT molecular complexity index is 1110. The Hall–Kier alpha value is -2.68. The number of aromatic nitrogens is 2. The summed E-state index contributed by atoms with van der Waals surface area (Å²) in [6, 6.07) is 15.8. The van der Waals surface area contributed by atoms with Crippen LogP contribution in [0.1, 0.15) is 121 Å². The van der Waals surface area contributed by atoms with E-state index in [0.717, 1.165) is 36.1 Å². The van der Waals surface area contributed by atoms with E-state index >= 15 is 0 Å². The van der Waals surface area contributed by atoms with Crippen LogP contribution in [0.4, 0.5) is 0 Å². The Balaban J connectivity index is 1.20. The molecule has 1 aliphatic carbocycles. The first-order valence-corrected chi connectivity index (χ1v) is 16.4. The van der Waals surface area contributed by atoms with Crippen LogP contribution in [0.5, 0.6) is 5.75 Å². The second-order valence-electron chi connectivity index (χ2n) is 12.0. The molecule has 3 heteroatoms. The molecule has 0 saturated heterocycles. The standard InChI is InChI=1S/C37H52N2O/c1-3-5-7-9-11-12-14-16-24-40-36-28-38-37(39-29-36)32-20-18-31(19-21-32)34-23-22-33-25-30(26-35(33)27-34)17-15-13-10-8-6-4-2/h18-23,27-30H,3-17,24-26H2,1-2H3. The van der Waals surface area contributed by atoms with Crippen molar-refractivity contribution >= 4 is 0 Å². The minimum atomic E-state index is 0.743. The normalized spacial score (nSPS) is 14.4. The zero-order valence-electron chi connectivity index (χ0n) is 25.3. The first kappa shape index (κ1) is 30.3. The molecule has 0 radical (unpaired) electrons. The van der Waals surface area contributed by atoms with E-state index in [9.17, 15) is 0 Å². The molecule has 0 spiro atoms. The van der Waals surface area contributed by atoms with Crippen molar-refractivity contribution < 1.29 is 4.74 Å². The van der Waals surface area contributed by atoms with Crippen LogP contribution in [0.3, 0.4) is 0 Å². The fraction of sp³-hybridized carbons (Fsp3) is 0.568. The number of ether oxygens (including phenoxy) is 1. The molecule has 3 nitrogen and oxygen atoms in total. The lowest BCUT2D eigenvalue weighted by atomic mass is 9.97. The van der Waals surface area contributed by atoms with Gasteiger partial charge in [-0.1, -0.05) is 140 Å². The molecule has 0 N–H and O–H groups in total. The molecule has 1 atom stereocenters. The average Bonchev–Trinajstić information content (AvgIpc) is 3.41. The van der Waals surface area contributed by atoms with Gasteiger partial charge in [0.25, 0.3) is 0 Å². The fourth-order valence-electron chi connectivity index (χ4n) is 6.08. The Morgan fingerprint density at radius 3 is 1.82 bits per heavy atom. The van der Waals surface area contributed by atoms with E-state index in [1.807, 2.05) is 12.4 Å². The van der Waals surface area contributed by atoms with Gasteiger partial charge in [-0.25, -0.2) is 9.97 Å². The van der Waals surface area contributed by atoms with Gasteiger partial charge in [0, 0.05) is 5.56 Å². The van der Waals surface area contributed by atoms with Gasteiger partial charge in [-0.15, -0.1) is 0 Å². The van der Waals surface area contributed by atoms with Crippen molar-refractivity contribution in [3.05, 3.63) is 66.0 Å². The third-order valence-electron chi connectivity index (χ3n) is 8.56. The number of nitrogens with zero attached hydrogens (tertiary/aromatic N) is 2. The van der Waals surface area contributed by atoms with E-state index in [2.05, 4.69) is 66.3 Å². The largest absolute Gasteiger partial charge is 0.490 e. The molecule has 1 unspecified atom stereocenters. The molecule has 40 heavy (non-hydrogen) atoms. The average molecular weight is 541 g/mol. The second-order valence-corrected chi connectivity index (χ2v) is 12.0. The summed E-state index contributed by atoms with van der Waals surface area (Å²) >= 11 is 0. The van der Waals surface area contributed by atoms with E-state index in [4.69, 9.17) is 4.74 Å². The van der Waals surface area contributed by atoms with Crippen molar-refractivity contribution in [2.75, 3.05) is 6.61 Å². The molecule has 0 aliphatic heterocycles. The molecule has 0 saturated carbocycles. The van der Waals surface area contributed by atoms with Gasteiger partial charge in [-0.3, -0.25) is 0 Å². The first-order chi connectivity index (χ1) is 19.8. The molecule has 216 valence electrons. The van der Waals surface area contributed by atoms with Crippen molar-refractivity contribution in [3.8, 4) is 28.3 Å². The molecule has 1 aliphatic rings. The highest BCUT2D eigenvalue weighted by atomic mass is 16.5. The molecule has 3 aromatic rings. The second kappa shape index (κ2) is 17.2. The SMILES string of the molecule is CCCCCCCCCCOc1cnc(-c2ccc(-c3ccc4c(c3)CC(CCCCCCCC)C4)cc2)nc1. The highest BCUT2D eigenvalue weighted by Gasteiger charge is 2.21. The lowest BCUT2D eigenvalue weighted by molar-refractivity contribution is 0.302. The molecule has 1 aromatic heterocycles. The molecule has 0 fully saturated rings. The van der Waals surface area contributed by atoms with Crippen molar-refractivity contribution in [1.82, 2.24) is 9.97 Å². The topological polar surface area (TPSA) is 35.0 Å². The van der Waals surface area contributed by atoms with Gasteiger partial charge in [0.15, 0.2) is 11.6 Å². The van der Waals surface area contributed by atoms with E-state index in [1.54, 1.807) is 11.1 Å². The van der Waals surface area contributed by atoms with Crippen LogP contribution in [0.25, 0.3) is 22.5 Å². The minimum Gasteiger partial charge on any atom is -0.490 e. The number of fused-ring (bicyclic) bond motifs is 1. The van der Waals surface area contributed by atoms with Crippen molar-refractivity contribution in [3.63, 3.8) is 0 Å². The summed E-state index contributed by atoms with van der Waals surface area (Å²) in [5.74, 6) is 2.34. The van der Waals surface area contributed by atoms with Crippen molar-refractivity contribution in [2.24, 2.45) is 5.92 Å². The van der Waals surface area contributed by atoms with E-state index in [-0.39, 0.29) is 0 Å². The number of rotatable bonds is 19. The maximum Gasteiger partial charge on any atom is 0.159 e. The molecule has 4 rings (SSSR count). The summed E-state index contributed by atoms with van der Waals surface area (Å²) < 4.78 is 5.88. The number of hydrogen-bond acceptors (Lipinski definition) is 3. The van der Waals surface area contributed by atoms with Gasteiger partial charge in [0.2, 0.25) is 0 Å². The summed E-state index contributed by atoms with van der Waals surface area (Å²) in [7, 11) is 0. The Labute approximate surface area is 244 Å². The smallest absolute Gasteiger partial charge is 0.159 e. The summed E-state index contributed by atoms with van der Waals surface area (Å²) in [6.45, 7) is 5.30. The lowest BCUT2D eigenvalue weighted by Gasteiger charge is -2.08. The van der Waals surface area contributed by atoms with Crippen LogP contribution in [-0.2, 0) is 12.8 Å². The number of hydrogen-bond donors (Lipinski definition) is 0. The van der Waals surface area contributed by atoms with Crippen molar-refractivity contribution in [1.29, 1.82) is 0 Å². The van der Waals surface area contributed by atoms with Gasteiger partial charge in [-0.05, 0) is 53.9 Å².